The number of aliphatic imine (C=N–C) groups is 1. The Morgan fingerprint density at radius 2 is 2.23 bits per heavy atom. The molecule has 30 heavy (non-hydrogen) atoms. The first-order valence-electron chi connectivity index (χ1n) is 10.4. The Hall–Kier alpha value is -2.04. The summed E-state index contributed by atoms with van der Waals surface area (Å²) < 4.78 is 7.07. The van der Waals surface area contributed by atoms with Gasteiger partial charge in [-0.15, -0.1) is 24.0 Å². The Kier molecular flexibility index (Phi) is 9.67. The van der Waals surface area contributed by atoms with E-state index >= 15 is 0 Å². The van der Waals surface area contributed by atoms with Crippen LogP contribution in [0.25, 0.3) is 0 Å². The van der Waals surface area contributed by atoms with E-state index in [0.29, 0.717) is 24.8 Å². The maximum Gasteiger partial charge on any atom is 0.287 e. The van der Waals surface area contributed by atoms with Crippen molar-refractivity contribution in [3.63, 3.8) is 0 Å². The van der Waals surface area contributed by atoms with Crippen molar-refractivity contribution in [2.45, 2.75) is 33.1 Å². The summed E-state index contributed by atoms with van der Waals surface area (Å²) in [6, 6.07) is 1.79. The number of aryl methyl sites for hydroxylation is 2. The lowest BCUT2D eigenvalue weighted by molar-refractivity contribution is 0.0925. The van der Waals surface area contributed by atoms with Crippen LogP contribution in [0.3, 0.4) is 0 Å². The van der Waals surface area contributed by atoms with Gasteiger partial charge in [0.1, 0.15) is 0 Å². The molecule has 2 aromatic rings. The molecular weight excluding hydrogens is 495 g/mol. The molecule has 2 aromatic heterocycles. The molecule has 1 fully saturated rings. The highest BCUT2D eigenvalue weighted by atomic mass is 127. The van der Waals surface area contributed by atoms with Gasteiger partial charge >= 0.3 is 0 Å². The number of furan rings is 1. The Morgan fingerprint density at radius 3 is 2.90 bits per heavy atom. The van der Waals surface area contributed by atoms with Gasteiger partial charge in [-0.3, -0.25) is 14.5 Å². The zero-order valence-electron chi connectivity index (χ0n) is 18.1. The van der Waals surface area contributed by atoms with Crippen LogP contribution in [-0.4, -0.2) is 59.3 Å². The Bertz CT molecular complexity index is 831. The summed E-state index contributed by atoms with van der Waals surface area (Å²) >= 11 is 0. The molecule has 1 aliphatic rings. The number of hydrogen-bond acceptors (Lipinski definition) is 4. The number of amides is 1. The van der Waals surface area contributed by atoms with Gasteiger partial charge in [0, 0.05) is 51.5 Å². The first-order valence-corrected chi connectivity index (χ1v) is 10.4. The fourth-order valence-corrected chi connectivity index (χ4v) is 3.68. The number of guanidine groups is 1. The standard InChI is InChI=1S/C21H32N6O2.HI/c1-4-22-21(24-9-5-8-23-20(28)19-16(2)7-11-29-19)27-10-6-17(15-27)12-18-13-25-26(3)14-18;/h7,11,13-14,17H,4-6,8-10,12,15H2,1-3H3,(H,22,24)(H,23,28);1H. The molecule has 1 amide bonds. The van der Waals surface area contributed by atoms with Crippen LogP contribution < -0.4 is 10.6 Å². The number of rotatable bonds is 8. The van der Waals surface area contributed by atoms with E-state index < -0.39 is 0 Å². The maximum atomic E-state index is 12.1. The monoisotopic (exact) mass is 528 g/mol. The van der Waals surface area contributed by atoms with Crippen molar-refractivity contribution in [3.8, 4) is 0 Å². The van der Waals surface area contributed by atoms with E-state index in [-0.39, 0.29) is 29.9 Å². The molecule has 1 atom stereocenters. The predicted molar refractivity (Wildman–Crippen MR) is 128 cm³/mol. The third-order valence-electron chi connectivity index (χ3n) is 5.15. The highest BCUT2D eigenvalue weighted by Gasteiger charge is 2.25. The first kappa shape index (κ1) is 24.2. The summed E-state index contributed by atoms with van der Waals surface area (Å²) in [7, 11) is 1.96. The number of carbonyl (C=O) groups excluding carboxylic acids is 1. The van der Waals surface area contributed by atoms with E-state index in [0.717, 1.165) is 50.4 Å². The van der Waals surface area contributed by atoms with Gasteiger partial charge in [0.05, 0.1) is 12.5 Å². The molecule has 1 saturated heterocycles. The van der Waals surface area contributed by atoms with Crippen molar-refractivity contribution >= 4 is 35.8 Å². The van der Waals surface area contributed by atoms with E-state index in [4.69, 9.17) is 9.41 Å². The Balaban J connectivity index is 0.00000320. The SMILES string of the molecule is CCNC(=NCCCNC(=O)c1occc1C)N1CCC(Cc2cnn(C)c2)C1.I. The van der Waals surface area contributed by atoms with Crippen molar-refractivity contribution in [1.82, 2.24) is 25.3 Å². The zero-order chi connectivity index (χ0) is 20.6. The minimum Gasteiger partial charge on any atom is -0.459 e. The van der Waals surface area contributed by atoms with Crippen LogP contribution in [0.5, 0.6) is 0 Å². The van der Waals surface area contributed by atoms with Crippen molar-refractivity contribution in [2.75, 3.05) is 32.7 Å². The lowest BCUT2D eigenvalue weighted by Crippen LogP contribution is -2.40. The normalized spacial score (nSPS) is 16.4. The minimum absolute atomic E-state index is 0. The zero-order valence-corrected chi connectivity index (χ0v) is 20.4. The average molecular weight is 528 g/mol. The number of halogens is 1. The molecule has 3 heterocycles. The molecule has 2 N–H and O–H groups in total. The van der Waals surface area contributed by atoms with Crippen LogP contribution in [0.2, 0.25) is 0 Å². The number of hydrogen-bond donors (Lipinski definition) is 2. The highest BCUT2D eigenvalue weighted by molar-refractivity contribution is 14.0. The number of aromatic nitrogens is 2. The molecule has 1 unspecified atom stereocenters. The molecule has 0 radical (unpaired) electrons. The van der Waals surface area contributed by atoms with Crippen molar-refractivity contribution in [3.05, 3.63) is 41.6 Å². The van der Waals surface area contributed by atoms with Gasteiger partial charge < -0.3 is 20.0 Å². The molecule has 8 nitrogen and oxygen atoms in total. The van der Waals surface area contributed by atoms with Crippen LogP contribution in [0, 0.1) is 12.8 Å². The molecule has 0 spiro atoms. The average Bonchev–Trinajstić information content (AvgIpc) is 3.42. The van der Waals surface area contributed by atoms with Crippen LogP contribution >= 0.6 is 24.0 Å². The topological polar surface area (TPSA) is 87.7 Å². The minimum atomic E-state index is -0.166. The van der Waals surface area contributed by atoms with Crippen LogP contribution in [0.1, 0.15) is 41.4 Å². The quantitative estimate of drug-likeness (QED) is 0.238. The number of nitrogens with one attached hydrogen (secondary N) is 2. The molecule has 0 aromatic carbocycles. The summed E-state index contributed by atoms with van der Waals surface area (Å²) in [5.41, 5.74) is 2.15. The van der Waals surface area contributed by atoms with Gasteiger partial charge in [0.15, 0.2) is 11.7 Å². The van der Waals surface area contributed by atoms with Gasteiger partial charge in [-0.1, -0.05) is 0 Å². The van der Waals surface area contributed by atoms with Crippen molar-refractivity contribution in [2.24, 2.45) is 18.0 Å². The summed E-state index contributed by atoms with van der Waals surface area (Å²) in [5.74, 6) is 1.81. The van der Waals surface area contributed by atoms with Crippen LogP contribution in [-0.2, 0) is 13.5 Å². The predicted octanol–water partition coefficient (Wildman–Crippen LogP) is 2.59. The van der Waals surface area contributed by atoms with Crippen molar-refractivity contribution in [1.29, 1.82) is 0 Å². The smallest absolute Gasteiger partial charge is 0.287 e. The van der Waals surface area contributed by atoms with E-state index in [1.165, 1.54) is 11.8 Å². The van der Waals surface area contributed by atoms with Crippen LogP contribution in [0.4, 0.5) is 0 Å². The van der Waals surface area contributed by atoms with Gasteiger partial charge in [-0.25, -0.2) is 0 Å². The molecule has 9 heteroatoms. The second-order valence-corrected chi connectivity index (χ2v) is 7.60. The van der Waals surface area contributed by atoms with Gasteiger partial charge in [0.25, 0.3) is 5.91 Å². The maximum absolute atomic E-state index is 12.1. The third-order valence-corrected chi connectivity index (χ3v) is 5.15. The van der Waals surface area contributed by atoms with E-state index in [9.17, 15) is 4.79 Å². The molecule has 1 aliphatic heterocycles. The highest BCUT2D eigenvalue weighted by Crippen LogP contribution is 2.20. The fraction of sp³-hybridized carbons (Fsp3) is 0.571. The molecule has 0 aliphatic carbocycles. The molecule has 3 rings (SSSR count). The second-order valence-electron chi connectivity index (χ2n) is 7.60. The van der Waals surface area contributed by atoms with E-state index in [1.54, 1.807) is 6.07 Å². The fourth-order valence-electron chi connectivity index (χ4n) is 3.68. The lowest BCUT2D eigenvalue weighted by Gasteiger charge is -2.21. The summed E-state index contributed by atoms with van der Waals surface area (Å²) in [6.07, 6.45) is 8.60. The van der Waals surface area contributed by atoms with Crippen molar-refractivity contribution < 1.29 is 9.21 Å². The summed E-state index contributed by atoms with van der Waals surface area (Å²) in [4.78, 5) is 19.2. The van der Waals surface area contributed by atoms with Gasteiger partial charge in [0.2, 0.25) is 0 Å². The third kappa shape index (κ3) is 6.75. The molecule has 0 saturated carbocycles. The summed E-state index contributed by atoms with van der Waals surface area (Å²) in [5, 5.41) is 10.6. The second kappa shape index (κ2) is 12.0. The molecule has 166 valence electrons. The summed E-state index contributed by atoms with van der Waals surface area (Å²) in [6.45, 7) is 8.07. The van der Waals surface area contributed by atoms with Crippen LogP contribution in [0.15, 0.2) is 34.1 Å². The van der Waals surface area contributed by atoms with E-state index in [1.807, 2.05) is 24.9 Å². The molecule has 0 bridgehead atoms. The first-order chi connectivity index (χ1) is 14.1. The number of nitrogens with zero attached hydrogens (tertiary/aromatic N) is 4. The number of carbonyl (C=O) groups is 1. The Morgan fingerprint density at radius 1 is 1.40 bits per heavy atom. The molecular formula is C21H33IN6O2. The largest absolute Gasteiger partial charge is 0.459 e. The van der Waals surface area contributed by atoms with E-state index in [2.05, 4.69) is 33.8 Å². The lowest BCUT2D eigenvalue weighted by atomic mass is 10.0. The van der Waals surface area contributed by atoms with Gasteiger partial charge in [-0.2, -0.15) is 5.10 Å². The Labute approximate surface area is 195 Å². The number of likely N-dealkylation sites (tertiary alicyclic amines) is 1. The van der Waals surface area contributed by atoms with Gasteiger partial charge in [-0.05, 0) is 50.7 Å².